The maximum Gasteiger partial charge on any atom is 0.132 e. The summed E-state index contributed by atoms with van der Waals surface area (Å²) in [6, 6.07) is 10.6. The number of nitrogens with zero attached hydrogens (tertiary/aromatic N) is 1. The Hall–Kier alpha value is -1.33. The van der Waals surface area contributed by atoms with Crippen LogP contribution in [0.25, 0.3) is 0 Å². The second kappa shape index (κ2) is 3.43. The van der Waals surface area contributed by atoms with Crippen LogP contribution in [0, 0.1) is 11.3 Å². The Labute approximate surface area is 84.6 Å². The molecule has 1 aromatic carbocycles. The molecule has 0 spiro atoms. The molecule has 1 atom stereocenters. The predicted molar refractivity (Wildman–Crippen MR) is 55.7 cm³/mol. The van der Waals surface area contributed by atoms with E-state index in [9.17, 15) is 5.26 Å². The highest BCUT2D eigenvalue weighted by Gasteiger charge is 2.34. The summed E-state index contributed by atoms with van der Waals surface area (Å²) in [6.07, 6.45) is 3.10. The molecule has 0 radical (unpaired) electrons. The summed E-state index contributed by atoms with van der Waals surface area (Å²) in [4.78, 5) is 0. The average molecular weight is 186 g/mol. The minimum atomic E-state index is -0.450. The first-order valence-electron chi connectivity index (χ1n) is 5.01. The number of fused-ring (bicyclic) bond motifs is 1. The van der Waals surface area contributed by atoms with Crippen LogP contribution in [0.15, 0.2) is 24.3 Å². The van der Waals surface area contributed by atoms with E-state index in [-0.39, 0.29) is 0 Å². The lowest BCUT2D eigenvalue weighted by molar-refractivity contribution is 0.395. The summed E-state index contributed by atoms with van der Waals surface area (Å²) in [5.74, 6) is 0. The van der Waals surface area contributed by atoms with Gasteiger partial charge in [0.2, 0.25) is 0 Å². The Balaban J connectivity index is 2.55. The molecule has 1 aliphatic carbocycles. The largest absolute Gasteiger partial charge is 0.299 e. The first kappa shape index (κ1) is 9.23. The number of aryl methyl sites for hydroxylation is 1. The van der Waals surface area contributed by atoms with E-state index in [0.29, 0.717) is 0 Å². The van der Waals surface area contributed by atoms with Crippen LogP contribution in [0.5, 0.6) is 0 Å². The third-order valence-corrected chi connectivity index (χ3v) is 3.09. The minimum absolute atomic E-state index is 0.450. The van der Waals surface area contributed by atoms with Crippen molar-refractivity contribution in [3.05, 3.63) is 35.4 Å². The number of hydrogen-bond donors (Lipinski definition) is 1. The van der Waals surface area contributed by atoms with Crippen molar-refractivity contribution >= 4 is 0 Å². The van der Waals surface area contributed by atoms with Crippen LogP contribution in [-0.2, 0) is 12.0 Å². The normalized spacial score (nSPS) is 25.1. The molecule has 2 nitrogen and oxygen atoms in total. The minimum Gasteiger partial charge on any atom is -0.299 e. The third kappa shape index (κ3) is 1.21. The van der Waals surface area contributed by atoms with E-state index in [0.717, 1.165) is 24.8 Å². The van der Waals surface area contributed by atoms with Gasteiger partial charge in [0.05, 0.1) is 6.07 Å². The van der Waals surface area contributed by atoms with Gasteiger partial charge in [0, 0.05) is 0 Å². The van der Waals surface area contributed by atoms with E-state index < -0.39 is 5.54 Å². The van der Waals surface area contributed by atoms with E-state index in [4.69, 9.17) is 0 Å². The molecule has 2 heteroatoms. The van der Waals surface area contributed by atoms with Gasteiger partial charge in [-0.2, -0.15) is 5.26 Å². The van der Waals surface area contributed by atoms with Crippen LogP contribution in [0.1, 0.15) is 24.0 Å². The zero-order chi connectivity index (χ0) is 10.0. The number of hydrogen-bond acceptors (Lipinski definition) is 2. The van der Waals surface area contributed by atoms with E-state index in [2.05, 4.69) is 23.5 Å². The molecular formula is C12H14N2. The summed E-state index contributed by atoms with van der Waals surface area (Å²) >= 11 is 0. The van der Waals surface area contributed by atoms with Crippen LogP contribution in [0.3, 0.4) is 0 Å². The molecule has 14 heavy (non-hydrogen) atoms. The van der Waals surface area contributed by atoms with Gasteiger partial charge in [-0.15, -0.1) is 0 Å². The first-order chi connectivity index (χ1) is 6.82. The Morgan fingerprint density at radius 1 is 1.43 bits per heavy atom. The van der Waals surface area contributed by atoms with Gasteiger partial charge in [0.25, 0.3) is 0 Å². The lowest BCUT2D eigenvalue weighted by Gasteiger charge is -2.32. The third-order valence-electron chi connectivity index (χ3n) is 3.09. The van der Waals surface area contributed by atoms with Gasteiger partial charge >= 0.3 is 0 Å². The smallest absolute Gasteiger partial charge is 0.132 e. The monoisotopic (exact) mass is 186 g/mol. The molecule has 0 heterocycles. The lowest BCUT2D eigenvalue weighted by Crippen LogP contribution is -2.41. The molecule has 1 aromatic rings. The first-order valence-corrected chi connectivity index (χ1v) is 5.01. The second-order valence-electron chi connectivity index (χ2n) is 3.78. The van der Waals surface area contributed by atoms with Crippen LogP contribution >= 0.6 is 0 Å². The number of nitrogens with one attached hydrogen (secondary N) is 1. The summed E-state index contributed by atoms with van der Waals surface area (Å²) in [6.45, 7) is 0. The highest BCUT2D eigenvalue weighted by Crippen LogP contribution is 2.34. The van der Waals surface area contributed by atoms with E-state index >= 15 is 0 Å². The zero-order valence-electron chi connectivity index (χ0n) is 8.38. The SMILES string of the molecule is CNC1(C#N)CCCc2ccccc21. The van der Waals surface area contributed by atoms with Gasteiger partial charge in [0.15, 0.2) is 0 Å². The Bertz CT molecular complexity index is 378. The molecule has 0 fully saturated rings. The summed E-state index contributed by atoms with van der Waals surface area (Å²) < 4.78 is 0. The van der Waals surface area contributed by atoms with Crippen molar-refractivity contribution in [2.75, 3.05) is 7.05 Å². The predicted octanol–water partition coefficient (Wildman–Crippen LogP) is 1.96. The van der Waals surface area contributed by atoms with Crippen LogP contribution in [0.4, 0.5) is 0 Å². The van der Waals surface area contributed by atoms with E-state index in [1.165, 1.54) is 5.56 Å². The number of benzene rings is 1. The highest BCUT2D eigenvalue weighted by atomic mass is 14.9. The molecule has 72 valence electrons. The van der Waals surface area contributed by atoms with Crippen molar-refractivity contribution in [2.24, 2.45) is 0 Å². The number of rotatable bonds is 1. The van der Waals surface area contributed by atoms with Crippen LogP contribution in [-0.4, -0.2) is 7.05 Å². The van der Waals surface area contributed by atoms with Gasteiger partial charge < -0.3 is 0 Å². The fraction of sp³-hybridized carbons (Fsp3) is 0.417. The van der Waals surface area contributed by atoms with Crippen molar-refractivity contribution in [3.8, 4) is 6.07 Å². The summed E-state index contributed by atoms with van der Waals surface area (Å²) in [5, 5.41) is 12.4. The molecule has 0 bridgehead atoms. The molecule has 1 N–H and O–H groups in total. The van der Waals surface area contributed by atoms with Gasteiger partial charge in [-0.3, -0.25) is 5.32 Å². The Morgan fingerprint density at radius 2 is 2.21 bits per heavy atom. The molecule has 0 saturated heterocycles. The standard InChI is InChI=1S/C12H14N2/c1-14-12(9-13)8-4-6-10-5-2-3-7-11(10)12/h2-3,5,7,14H,4,6,8H2,1H3. The van der Waals surface area contributed by atoms with Crippen molar-refractivity contribution in [3.63, 3.8) is 0 Å². The summed E-state index contributed by atoms with van der Waals surface area (Å²) in [7, 11) is 1.87. The van der Waals surface area contributed by atoms with Crippen LogP contribution < -0.4 is 5.32 Å². The quantitative estimate of drug-likeness (QED) is 0.727. The van der Waals surface area contributed by atoms with Crippen molar-refractivity contribution < 1.29 is 0 Å². The highest BCUT2D eigenvalue weighted by molar-refractivity contribution is 5.40. The molecule has 0 amide bonds. The fourth-order valence-electron chi connectivity index (χ4n) is 2.27. The maximum atomic E-state index is 9.28. The van der Waals surface area contributed by atoms with Crippen molar-refractivity contribution in [2.45, 2.75) is 24.8 Å². The molecule has 2 rings (SSSR count). The second-order valence-corrected chi connectivity index (χ2v) is 3.78. The van der Waals surface area contributed by atoms with Crippen molar-refractivity contribution in [1.29, 1.82) is 5.26 Å². The zero-order valence-corrected chi connectivity index (χ0v) is 8.38. The average Bonchev–Trinajstić information content (AvgIpc) is 2.28. The van der Waals surface area contributed by atoms with Crippen LogP contribution in [0.2, 0.25) is 0 Å². The topological polar surface area (TPSA) is 35.8 Å². The lowest BCUT2D eigenvalue weighted by atomic mass is 9.77. The molecular weight excluding hydrogens is 172 g/mol. The molecule has 0 saturated carbocycles. The van der Waals surface area contributed by atoms with Gasteiger partial charge in [-0.25, -0.2) is 0 Å². The molecule has 1 unspecified atom stereocenters. The van der Waals surface area contributed by atoms with E-state index in [1.54, 1.807) is 0 Å². The molecule has 0 aromatic heterocycles. The molecule has 0 aliphatic heterocycles. The maximum absolute atomic E-state index is 9.28. The Kier molecular flexibility index (Phi) is 2.26. The van der Waals surface area contributed by atoms with E-state index in [1.807, 2.05) is 19.2 Å². The summed E-state index contributed by atoms with van der Waals surface area (Å²) in [5.41, 5.74) is 2.03. The molecule has 1 aliphatic rings. The van der Waals surface area contributed by atoms with Gasteiger partial charge in [0.1, 0.15) is 5.54 Å². The number of nitriles is 1. The fourth-order valence-corrected chi connectivity index (χ4v) is 2.27. The van der Waals surface area contributed by atoms with Gasteiger partial charge in [-0.1, -0.05) is 24.3 Å². The van der Waals surface area contributed by atoms with Gasteiger partial charge in [-0.05, 0) is 37.4 Å². The van der Waals surface area contributed by atoms with Crippen molar-refractivity contribution in [1.82, 2.24) is 5.32 Å². The Morgan fingerprint density at radius 3 is 2.93 bits per heavy atom.